The first-order valence-electron chi connectivity index (χ1n) is 13.2. The van der Waals surface area contributed by atoms with Crippen LogP contribution in [0.5, 0.6) is 11.5 Å². The fourth-order valence-corrected chi connectivity index (χ4v) is 4.76. The molecule has 8 nitrogen and oxygen atoms in total. The van der Waals surface area contributed by atoms with E-state index in [-0.39, 0.29) is 54.8 Å². The molecular weight excluding hydrogens is 551 g/mol. The lowest BCUT2D eigenvalue weighted by atomic mass is 10.1. The van der Waals surface area contributed by atoms with Crippen LogP contribution < -0.4 is 14.9 Å². The lowest BCUT2D eigenvalue weighted by Crippen LogP contribution is -2.43. The Hall–Kier alpha value is -4.37. The normalized spacial score (nSPS) is 12.0. The number of ether oxygens (including phenoxy) is 2. The number of hydrogen-bond donors (Lipinski definition) is 0. The smallest absolute Gasteiger partial charge is 0.254 e. The maximum atomic E-state index is 13.8. The van der Waals surface area contributed by atoms with Gasteiger partial charge in [-0.05, 0) is 66.6 Å². The van der Waals surface area contributed by atoms with Crippen LogP contribution in [0.2, 0.25) is 5.02 Å². The van der Waals surface area contributed by atoms with Crippen LogP contribution in [0.4, 0.5) is 4.39 Å². The highest BCUT2D eigenvalue weighted by molar-refractivity contribution is 6.31. The van der Waals surface area contributed by atoms with E-state index >= 15 is 0 Å². The summed E-state index contributed by atoms with van der Waals surface area (Å²) in [5, 5.41) is 0.697. The van der Waals surface area contributed by atoms with Crippen LogP contribution in [0.15, 0.2) is 76.1 Å². The van der Waals surface area contributed by atoms with E-state index in [0.717, 1.165) is 12.0 Å². The topological polar surface area (TPSA) is 89.3 Å². The molecule has 10 heteroatoms. The second-order valence-corrected chi connectivity index (χ2v) is 10.2. The van der Waals surface area contributed by atoms with E-state index in [4.69, 9.17) is 25.5 Å². The molecule has 0 spiro atoms. The van der Waals surface area contributed by atoms with Crippen LogP contribution in [0.3, 0.4) is 0 Å². The number of rotatable bonds is 10. The van der Waals surface area contributed by atoms with E-state index in [1.54, 1.807) is 24.3 Å². The van der Waals surface area contributed by atoms with E-state index in [0.29, 0.717) is 40.5 Å². The predicted molar refractivity (Wildman–Crippen MR) is 152 cm³/mol. The average Bonchev–Trinajstić information content (AvgIpc) is 3.44. The molecule has 0 aliphatic carbocycles. The van der Waals surface area contributed by atoms with Gasteiger partial charge in [0.2, 0.25) is 12.7 Å². The maximum Gasteiger partial charge on any atom is 0.254 e. The standard InChI is InChI=1S/C31H28ClFN2O6/c1-2-3-12-34(31(38)21-5-8-24(33)9-6-21)17-29(36)35(15-20-4-10-27-28(13-20)41-19-40-27)16-22-18-39-26-11-7-23(32)14-25(26)30(22)37/h4-11,13-14,18H,2-3,12,15-17,19H2,1H3. The van der Waals surface area contributed by atoms with Crippen molar-refractivity contribution in [2.45, 2.75) is 32.9 Å². The van der Waals surface area contributed by atoms with Crippen LogP contribution in [-0.4, -0.2) is 41.5 Å². The lowest BCUT2D eigenvalue weighted by Gasteiger charge is -2.28. The zero-order valence-electron chi connectivity index (χ0n) is 22.4. The molecule has 0 N–H and O–H groups in total. The molecule has 1 aliphatic heterocycles. The SMILES string of the molecule is CCCCN(CC(=O)N(Cc1ccc2c(c1)OCO2)Cc1coc2ccc(Cl)cc2c1=O)C(=O)c1ccc(F)cc1. The Kier molecular flexibility index (Phi) is 8.54. The minimum Gasteiger partial charge on any atom is -0.464 e. The van der Waals surface area contributed by atoms with Gasteiger partial charge in [0.1, 0.15) is 17.9 Å². The highest BCUT2D eigenvalue weighted by Gasteiger charge is 2.25. The number of fused-ring (bicyclic) bond motifs is 2. The van der Waals surface area contributed by atoms with Crippen molar-refractivity contribution in [1.29, 1.82) is 0 Å². The van der Waals surface area contributed by atoms with E-state index < -0.39 is 5.82 Å². The van der Waals surface area contributed by atoms with Gasteiger partial charge in [0.25, 0.3) is 5.91 Å². The third-order valence-electron chi connectivity index (χ3n) is 6.82. The molecule has 2 heterocycles. The fraction of sp³-hybridized carbons (Fsp3) is 0.258. The van der Waals surface area contributed by atoms with Crippen LogP contribution in [0.25, 0.3) is 11.0 Å². The summed E-state index contributed by atoms with van der Waals surface area (Å²) in [5.74, 6) is -0.0437. The molecule has 5 rings (SSSR count). The van der Waals surface area contributed by atoms with E-state index in [1.165, 1.54) is 46.4 Å². The van der Waals surface area contributed by atoms with Gasteiger partial charge in [-0.3, -0.25) is 14.4 Å². The fourth-order valence-electron chi connectivity index (χ4n) is 4.59. The van der Waals surface area contributed by atoms with Crippen molar-refractivity contribution in [1.82, 2.24) is 9.80 Å². The lowest BCUT2D eigenvalue weighted by molar-refractivity contribution is -0.133. The van der Waals surface area contributed by atoms with Gasteiger partial charge in [0.15, 0.2) is 16.9 Å². The summed E-state index contributed by atoms with van der Waals surface area (Å²) in [7, 11) is 0. The maximum absolute atomic E-state index is 13.8. The van der Waals surface area contributed by atoms with Gasteiger partial charge in [-0.15, -0.1) is 0 Å². The van der Waals surface area contributed by atoms with Crippen LogP contribution in [0, 0.1) is 5.82 Å². The van der Waals surface area contributed by atoms with Gasteiger partial charge < -0.3 is 23.7 Å². The molecule has 4 aromatic rings. The highest BCUT2D eigenvalue weighted by Crippen LogP contribution is 2.33. The summed E-state index contributed by atoms with van der Waals surface area (Å²) >= 11 is 6.12. The van der Waals surface area contributed by atoms with Gasteiger partial charge >= 0.3 is 0 Å². The van der Waals surface area contributed by atoms with E-state index in [2.05, 4.69) is 0 Å². The third kappa shape index (κ3) is 6.52. The van der Waals surface area contributed by atoms with Crippen molar-refractivity contribution in [3.63, 3.8) is 0 Å². The van der Waals surface area contributed by atoms with Crippen molar-refractivity contribution in [3.05, 3.63) is 105 Å². The zero-order valence-corrected chi connectivity index (χ0v) is 23.2. The average molecular weight is 579 g/mol. The van der Waals surface area contributed by atoms with Crippen molar-refractivity contribution in [2.24, 2.45) is 0 Å². The molecule has 0 saturated heterocycles. The Morgan fingerprint density at radius 3 is 2.51 bits per heavy atom. The summed E-state index contributed by atoms with van der Waals surface area (Å²) < 4.78 is 30.0. The summed E-state index contributed by atoms with van der Waals surface area (Å²) in [6.45, 7) is 2.28. The third-order valence-corrected chi connectivity index (χ3v) is 7.05. The number of hydrogen-bond acceptors (Lipinski definition) is 6. The molecule has 0 fully saturated rings. The highest BCUT2D eigenvalue weighted by atomic mass is 35.5. The van der Waals surface area contributed by atoms with E-state index in [1.807, 2.05) is 13.0 Å². The molecule has 212 valence electrons. The Balaban J connectivity index is 1.45. The first-order valence-corrected chi connectivity index (χ1v) is 13.6. The summed E-state index contributed by atoms with van der Waals surface area (Å²) in [4.78, 5) is 43.5. The number of amides is 2. The summed E-state index contributed by atoms with van der Waals surface area (Å²) in [6, 6.07) is 15.4. The molecule has 0 atom stereocenters. The van der Waals surface area contributed by atoms with Gasteiger partial charge in [-0.2, -0.15) is 0 Å². The molecule has 0 radical (unpaired) electrons. The van der Waals surface area contributed by atoms with Crippen molar-refractivity contribution in [2.75, 3.05) is 19.9 Å². The number of carbonyl (C=O) groups is 2. The minimum absolute atomic E-state index is 0.0651. The van der Waals surface area contributed by atoms with Crippen LogP contribution in [-0.2, 0) is 17.9 Å². The Bertz CT molecular complexity index is 1640. The predicted octanol–water partition coefficient (Wildman–Crippen LogP) is 5.79. The molecule has 1 aromatic heterocycles. The first kappa shape index (κ1) is 28.2. The van der Waals surface area contributed by atoms with Gasteiger partial charge in [-0.1, -0.05) is 31.0 Å². The Morgan fingerprint density at radius 2 is 1.73 bits per heavy atom. The van der Waals surface area contributed by atoms with Crippen LogP contribution >= 0.6 is 11.6 Å². The Morgan fingerprint density at radius 1 is 0.951 bits per heavy atom. The number of halogens is 2. The van der Waals surface area contributed by atoms with Crippen molar-refractivity contribution in [3.8, 4) is 11.5 Å². The first-order chi connectivity index (χ1) is 19.8. The molecule has 2 amide bonds. The summed E-state index contributed by atoms with van der Waals surface area (Å²) in [5.41, 5.74) is 1.37. The second-order valence-electron chi connectivity index (χ2n) is 9.76. The van der Waals surface area contributed by atoms with Crippen molar-refractivity contribution < 1.29 is 27.9 Å². The zero-order chi connectivity index (χ0) is 28.9. The Labute approximate surface area is 240 Å². The minimum atomic E-state index is -0.455. The molecule has 0 saturated carbocycles. The summed E-state index contributed by atoms with van der Waals surface area (Å²) in [6.07, 6.45) is 2.83. The molecule has 3 aromatic carbocycles. The molecule has 1 aliphatic rings. The molecular formula is C31H28ClFN2O6. The monoisotopic (exact) mass is 578 g/mol. The quantitative estimate of drug-likeness (QED) is 0.237. The number of carbonyl (C=O) groups excluding carboxylic acids is 2. The van der Waals surface area contributed by atoms with Crippen LogP contribution in [0.1, 0.15) is 41.3 Å². The largest absolute Gasteiger partial charge is 0.464 e. The van der Waals surface area contributed by atoms with Gasteiger partial charge in [-0.25, -0.2) is 4.39 Å². The second kappa shape index (κ2) is 12.4. The van der Waals surface area contributed by atoms with Crippen molar-refractivity contribution >= 4 is 34.4 Å². The van der Waals surface area contributed by atoms with Gasteiger partial charge in [0, 0.05) is 23.7 Å². The number of benzene rings is 3. The van der Waals surface area contributed by atoms with E-state index in [9.17, 15) is 18.8 Å². The van der Waals surface area contributed by atoms with Gasteiger partial charge in [0.05, 0.1) is 23.8 Å². The number of unbranched alkanes of at least 4 members (excludes halogenated alkanes) is 1. The molecule has 0 unspecified atom stereocenters. The molecule has 41 heavy (non-hydrogen) atoms. The molecule has 0 bridgehead atoms. The number of nitrogens with zero attached hydrogens (tertiary/aromatic N) is 2.